The minimum absolute atomic E-state index is 0.0725. The number of hydrogen-bond donors (Lipinski definition) is 2. The molecule has 0 spiro atoms. The zero-order chi connectivity index (χ0) is 17.5. The molecule has 0 aromatic heterocycles. The number of carbonyl (C=O) groups is 1. The van der Waals surface area contributed by atoms with Gasteiger partial charge in [0.15, 0.2) is 5.11 Å². The lowest BCUT2D eigenvalue weighted by atomic mass is 9.86. The molecule has 1 fully saturated rings. The molecule has 0 bridgehead atoms. The fourth-order valence-corrected chi connectivity index (χ4v) is 3.53. The second-order valence-electron chi connectivity index (χ2n) is 6.52. The Kier molecular flexibility index (Phi) is 7.03. The van der Waals surface area contributed by atoms with Gasteiger partial charge in [0.2, 0.25) is 0 Å². The Morgan fingerprint density at radius 1 is 1.17 bits per heavy atom. The van der Waals surface area contributed by atoms with Crippen LogP contribution in [0, 0.1) is 5.92 Å². The maximum atomic E-state index is 12.3. The molecule has 2 N–H and O–H groups in total. The molecule has 5 heteroatoms. The molecule has 0 unspecified atom stereocenters. The minimum Gasteiger partial charge on any atom is -0.359 e. The van der Waals surface area contributed by atoms with Crippen molar-refractivity contribution in [1.82, 2.24) is 10.2 Å². The minimum atomic E-state index is 0.0725. The van der Waals surface area contributed by atoms with Gasteiger partial charge in [-0.15, -0.1) is 0 Å². The first-order valence-corrected chi connectivity index (χ1v) is 9.42. The van der Waals surface area contributed by atoms with Crippen LogP contribution in [-0.4, -0.2) is 35.1 Å². The Bertz CT molecular complexity index is 554. The summed E-state index contributed by atoms with van der Waals surface area (Å²) in [6, 6.07) is 8.00. The Hall–Kier alpha value is -1.62. The number of nitrogens with one attached hydrogen (secondary N) is 2. The molecule has 24 heavy (non-hydrogen) atoms. The highest BCUT2D eigenvalue weighted by atomic mass is 32.1. The maximum absolute atomic E-state index is 12.3. The lowest BCUT2D eigenvalue weighted by Gasteiger charge is -2.30. The zero-order valence-electron chi connectivity index (χ0n) is 15.0. The van der Waals surface area contributed by atoms with Crippen molar-refractivity contribution >= 4 is 28.9 Å². The van der Waals surface area contributed by atoms with Crippen molar-refractivity contribution in [3.8, 4) is 0 Å². The van der Waals surface area contributed by atoms with E-state index in [1.165, 1.54) is 25.7 Å². The summed E-state index contributed by atoms with van der Waals surface area (Å²) >= 11 is 5.44. The molecule has 1 aliphatic rings. The lowest BCUT2D eigenvalue weighted by Crippen LogP contribution is -2.43. The number of hydrogen-bond acceptors (Lipinski definition) is 2. The molecule has 1 saturated carbocycles. The fraction of sp³-hybridized carbons (Fsp3) is 0.579. The third-order valence-corrected chi connectivity index (χ3v) is 5.09. The number of rotatable bonds is 5. The van der Waals surface area contributed by atoms with Crippen LogP contribution in [0.25, 0.3) is 0 Å². The Morgan fingerprint density at radius 3 is 2.38 bits per heavy atom. The van der Waals surface area contributed by atoms with Crippen molar-refractivity contribution < 1.29 is 4.79 Å². The first-order chi connectivity index (χ1) is 11.5. The lowest BCUT2D eigenvalue weighted by molar-refractivity contribution is 0.0773. The third-order valence-electron chi connectivity index (χ3n) is 4.87. The molecule has 1 amide bonds. The van der Waals surface area contributed by atoms with E-state index in [0.717, 1.165) is 18.8 Å². The molecule has 4 nitrogen and oxygen atoms in total. The van der Waals surface area contributed by atoms with Crippen molar-refractivity contribution in [1.29, 1.82) is 0 Å². The SMILES string of the molecule is CCN(CC)C(=O)c1ccc(NC(=S)N[C@@H]2CCCC[C@H]2C)cc1. The zero-order valence-corrected chi connectivity index (χ0v) is 15.8. The van der Waals surface area contributed by atoms with Gasteiger partial charge < -0.3 is 15.5 Å². The number of nitrogens with zero attached hydrogens (tertiary/aromatic N) is 1. The Balaban J connectivity index is 1.91. The predicted molar refractivity (Wildman–Crippen MR) is 104 cm³/mol. The number of thiocarbonyl (C=S) groups is 1. The van der Waals surface area contributed by atoms with Gasteiger partial charge in [-0.1, -0.05) is 19.8 Å². The van der Waals surface area contributed by atoms with Crippen LogP contribution < -0.4 is 10.6 Å². The van der Waals surface area contributed by atoms with E-state index in [2.05, 4.69) is 17.6 Å². The molecule has 0 saturated heterocycles. The van der Waals surface area contributed by atoms with Gasteiger partial charge >= 0.3 is 0 Å². The summed E-state index contributed by atoms with van der Waals surface area (Å²) in [4.78, 5) is 14.1. The monoisotopic (exact) mass is 347 g/mol. The van der Waals surface area contributed by atoms with Crippen LogP contribution >= 0.6 is 12.2 Å². The average molecular weight is 348 g/mol. The molecule has 1 aromatic rings. The van der Waals surface area contributed by atoms with Crippen LogP contribution in [0.3, 0.4) is 0 Å². The standard InChI is InChI=1S/C19H29N3OS/c1-4-22(5-2)18(23)15-10-12-16(13-11-15)20-19(24)21-17-9-7-6-8-14(17)3/h10-14,17H,4-9H2,1-3H3,(H2,20,21,24)/t14-,17-/m1/s1. The van der Waals surface area contributed by atoms with Crippen LogP contribution in [0.15, 0.2) is 24.3 Å². The molecule has 1 aromatic carbocycles. The van der Waals surface area contributed by atoms with E-state index < -0.39 is 0 Å². The summed E-state index contributed by atoms with van der Waals surface area (Å²) in [5, 5.41) is 7.33. The van der Waals surface area contributed by atoms with E-state index in [-0.39, 0.29) is 5.91 Å². The molecule has 132 valence electrons. The van der Waals surface area contributed by atoms with Crippen molar-refractivity contribution in [2.45, 2.75) is 52.5 Å². The molecular weight excluding hydrogens is 318 g/mol. The summed E-state index contributed by atoms with van der Waals surface area (Å²) in [7, 11) is 0. The second kappa shape index (κ2) is 9.02. The highest BCUT2D eigenvalue weighted by molar-refractivity contribution is 7.80. The maximum Gasteiger partial charge on any atom is 0.253 e. The molecule has 1 aliphatic carbocycles. The van der Waals surface area contributed by atoms with Gasteiger partial charge in [-0.05, 0) is 69.1 Å². The van der Waals surface area contributed by atoms with Crippen LogP contribution in [0.2, 0.25) is 0 Å². The molecular formula is C19H29N3OS. The fourth-order valence-electron chi connectivity index (χ4n) is 3.26. The first kappa shape index (κ1) is 18.7. The Labute approximate surface area is 151 Å². The van der Waals surface area contributed by atoms with Crippen molar-refractivity contribution in [3.63, 3.8) is 0 Å². The van der Waals surface area contributed by atoms with Gasteiger partial charge in [-0.3, -0.25) is 4.79 Å². The largest absolute Gasteiger partial charge is 0.359 e. The smallest absolute Gasteiger partial charge is 0.253 e. The normalized spacial score (nSPS) is 20.3. The quantitative estimate of drug-likeness (QED) is 0.789. The van der Waals surface area contributed by atoms with Gasteiger partial charge in [0.05, 0.1) is 0 Å². The number of carbonyl (C=O) groups excluding carboxylic acids is 1. The van der Waals surface area contributed by atoms with Crippen LogP contribution in [0.4, 0.5) is 5.69 Å². The van der Waals surface area contributed by atoms with E-state index in [1.807, 2.05) is 43.0 Å². The molecule has 0 heterocycles. The van der Waals surface area contributed by atoms with Crippen LogP contribution in [0.1, 0.15) is 56.8 Å². The molecule has 0 radical (unpaired) electrons. The Morgan fingerprint density at radius 2 is 1.79 bits per heavy atom. The van der Waals surface area contributed by atoms with Gasteiger partial charge in [0.25, 0.3) is 5.91 Å². The second-order valence-corrected chi connectivity index (χ2v) is 6.93. The van der Waals surface area contributed by atoms with Gasteiger partial charge in [0, 0.05) is 30.4 Å². The van der Waals surface area contributed by atoms with Crippen molar-refractivity contribution in [2.24, 2.45) is 5.92 Å². The van der Waals surface area contributed by atoms with Crippen molar-refractivity contribution in [3.05, 3.63) is 29.8 Å². The molecule has 0 aliphatic heterocycles. The highest BCUT2D eigenvalue weighted by Gasteiger charge is 2.21. The summed E-state index contributed by atoms with van der Waals surface area (Å²) in [6.07, 6.45) is 5.04. The first-order valence-electron chi connectivity index (χ1n) is 9.02. The summed E-state index contributed by atoms with van der Waals surface area (Å²) in [5.74, 6) is 0.732. The predicted octanol–water partition coefficient (Wildman–Crippen LogP) is 4.03. The van der Waals surface area contributed by atoms with Gasteiger partial charge in [-0.2, -0.15) is 0 Å². The van der Waals surface area contributed by atoms with E-state index >= 15 is 0 Å². The number of amides is 1. The summed E-state index contributed by atoms with van der Waals surface area (Å²) < 4.78 is 0. The molecule has 2 rings (SSSR count). The van der Waals surface area contributed by atoms with Crippen LogP contribution in [0.5, 0.6) is 0 Å². The van der Waals surface area contributed by atoms with E-state index in [0.29, 0.717) is 22.6 Å². The van der Waals surface area contributed by atoms with E-state index in [4.69, 9.17) is 12.2 Å². The van der Waals surface area contributed by atoms with Crippen molar-refractivity contribution in [2.75, 3.05) is 18.4 Å². The van der Waals surface area contributed by atoms with E-state index in [1.54, 1.807) is 0 Å². The van der Waals surface area contributed by atoms with E-state index in [9.17, 15) is 4.79 Å². The van der Waals surface area contributed by atoms with Crippen LogP contribution in [-0.2, 0) is 0 Å². The van der Waals surface area contributed by atoms with Gasteiger partial charge in [-0.25, -0.2) is 0 Å². The number of benzene rings is 1. The summed E-state index contributed by atoms with van der Waals surface area (Å²) in [6.45, 7) is 7.72. The number of anilines is 1. The highest BCUT2D eigenvalue weighted by Crippen LogP contribution is 2.23. The third kappa shape index (κ3) is 4.94. The summed E-state index contributed by atoms with van der Waals surface area (Å²) in [5.41, 5.74) is 1.62. The van der Waals surface area contributed by atoms with Gasteiger partial charge in [0.1, 0.15) is 0 Å². The molecule has 2 atom stereocenters. The topological polar surface area (TPSA) is 44.4 Å². The average Bonchev–Trinajstić information content (AvgIpc) is 2.58.